The monoisotopic (exact) mass is 254 g/mol. The number of nitrogens with two attached hydrogens (primary N) is 1. The zero-order chi connectivity index (χ0) is 13.4. The van der Waals surface area contributed by atoms with Crippen molar-refractivity contribution in [2.75, 3.05) is 11.1 Å². The highest BCUT2D eigenvalue weighted by atomic mass is 16.3. The average Bonchev–Trinajstić information content (AvgIpc) is 2.76. The Morgan fingerprint density at radius 3 is 2.84 bits per heavy atom. The van der Waals surface area contributed by atoms with Crippen molar-refractivity contribution in [2.24, 2.45) is 0 Å². The zero-order valence-electron chi connectivity index (χ0n) is 11.0. The zero-order valence-corrected chi connectivity index (χ0v) is 11.0. The van der Waals surface area contributed by atoms with Crippen LogP contribution in [-0.2, 0) is 6.42 Å². The first-order valence-corrected chi connectivity index (χ1v) is 6.58. The van der Waals surface area contributed by atoms with Crippen molar-refractivity contribution in [3.05, 3.63) is 53.1 Å². The summed E-state index contributed by atoms with van der Waals surface area (Å²) in [6, 6.07) is 12.1. The van der Waals surface area contributed by atoms with E-state index in [9.17, 15) is 5.11 Å². The average molecular weight is 254 g/mol. The molecule has 0 heterocycles. The van der Waals surface area contributed by atoms with E-state index in [2.05, 4.69) is 17.4 Å². The predicted molar refractivity (Wildman–Crippen MR) is 78.4 cm³/mol. The third-order valence-electron chi connectivity index (χ3n) is 3.78. The van der Waals surface area contributed by atoms with Crippen LogP contribution >= 0.6 is 0 Å². The van der Waals surface area contributed by atoms with Gasteiger partial charge in [-0.25, -0.2) is 0 Å². The summed E-state index contributed by atoms with van der Waals surface area (Å²) in [5.41, 5.74) is 11.3. The first kappa shape index (κ1) is 11.9. The van der Waals surface area contributed by atoms with Crippen LogP contribution in [0.25, 0.3) is 0 Å². The van der Waals surface area contributed by atoms with Gasteiger partial charge in [0.2, 0.25) is 0 Å². The molecule has 1 aliphatic rings. The van der Waals surface area contributed by atoms with Crippen LogP contribution in [-0.4, -0.2) is 5.11 Å². The lowest BCUT2D eigenvalue weighted by Gasteiger charge is -2.16. The van der Waals surface area contributed by atoms with Crippen LogP contribution in [0.4, 0.5) is 11.4 Å². The van der Waals surface area contributed by atoms with Crippen LogP contribution in [0.15, 0.2) is 36.4 Å². The maximum absolute atomic E-state index is 9.55. The number of fused-ring (bicyclic) bond motifs is 1. The quantitative estimate of drug-likeness (QED) is 0.569. The number of aryl methyl sites for hydroxylation is 2. The summed E-state index contributed by atoms with van der Waals surface area (Å²) >= 11 is 0. The lowest BCUT2D eigenvalue weighted by Crippen LogP contribution is -2.07. The first-order valence-electron chi connectivity index (χ1n) is 6.58. The molecule has 98 valence electrons. The molecule has 0 aromatic heterocycles. The highest BCUT2D eigenvalue weighted by molar-refractivity contribution is 5.54. The van der Waals surface area contributed by atoms with Gasteiger partial charge in [-0.3, -0.25) is 0 Å². The summed E-state index contributed by atoms with van der Waals surface area (Å²) in [6.07, 6.45) is 2.15. The van der Waals surface area contributed by atoms with E-state index in [-0.39, 0.29) is 0 Å². The molecule has 0 amide bonds. The number of nitrogens with one attached hydrogen (secondary N) is 1. The van der Waals surface area contributed by atoms with Crippen LogP contribution in [0.5, 0.6) is 5.75 Å². The standard InChI is InChI=1S/C16H18N2O/c1-10-8-13(4-7-16(10)19)18-15-6-2-11-9-12(17)3-5-14(11)15/h3-5,7-9,15,18-19H,2,6,17H2,1H3. The topological polar surface area (TPSA) is 58.3 Å². The number of aromatic hydroxyl groups is 1. The molecule has 2 aromatic carbocycles. The summed E-state index contributed by atoms with van der Waals surface area (Å²) in [5, 5.41) is 13.1. The molecular weight excluding hydrogens is 236 g/mol. The summed E-state index contributed by atoms with van der Waals surface area (Å²) in [7, 11) is 0. The second-order valence-electron chi connectivity index (χ2n) is 5.20. The Morgan fingerprint density at radius 1 is 1.21 bits per heavy atom. The molecular formula is C16H18N2O. The lowest BCUT2D eigenvalue weighted by atomic mass is 10.1. The number of phenolic OH excluding ortho intramolecular Hbond substituents is 1. The minimum Gasteiger partial charge on any atom is -0.508 e. The number of rotatable bonds is 2. The van der Waals surface area contributed by atoms with Crippen molar-refractivity contribution >= 4 is 11.4 Å². The minimum absolute atomic E-state index is 0.333. The Kier molecular flexibility index (Phi) is 2.82. The van der Waals surface area contributed by atoms with Gasteiger partial charge < -0.3 is 16.2 Å². The third-order valence-corrected chi connectivity index (χ3v) is 3.78. The molecule has 0 bridgehead atoms. The normalized spacial score (nSPS) is 17.2. The molecule has 0 radical (unpaired) electrons. The maximum Gasteiger partial charge on any atom is 0.118 e. The van der Waals surface area contributed by atoms with Gasteiger partial charge >= 0.3 is 0 Å². The summed E-state index contributed by atoms with van der Waals surface area (Å²) in [6.45, 7) is 1.91. The van der Waals surface area contributed by atoms with Crippen molar-refractivity contribution in [2.45, 2.75) is 25.8 Å². The molecule has 3 nitrogen and oxygen atoms in total. The molecule has 0 saturated heterocycles. The van der Waals surface area contributed by atoms with Crippen molar-refractivity contribution in [3.8, 4) is 5.75 Å². The molecule has 3 rings (SSSR count). The molecule has 4 N–H and O–H groups in total. The van der Waals surface area contributed by atoms with Gasteiger partial charge in [-0.05, 0) is 66.8 Å². The highest BCUT2D eigenvalue weighted by Crippen LogP contribution is 2.35. The minimum atomic E-state index is 0.333. The Labute approximate surface area is 113 Å². The third kappa shape index (κ3) is 2.24. The largest absolute Gasteiger partial charge is 0.508 e. The van der Waals surface area contributed by atoms with Crippen molar-refractivity contribution in [3.63, 3.8) is 0 Å². The van der Waals surface area contributed by atoms with Gasteiger partial charge in [0.15, 0.2) is 0 Å². The highest BCUT2D eigenvalue weighted by Gasteiger charge is 2.22. The summed E-state index contributed by atoms with van der Waals surface area (Å²) in [4.78, 5) is 0. The van der Waals surface area contributed by atoms with Gasteiger partial charge in [0, 0.05) is 11.4 Å². The predicted octanol–water partition coefficient (Wildman–Crippen LogP) is 3.38. The van der Waals surface area contributed by atoms with E-state index in [1.807, 2.05) is 25.1 Å². The summed E-state index contributed by atoms with van der Waals surface area (Å²) in [5.74, 6) is 0.338. The Hall–Kier alpha value is -2.16. The molecule has 1 atom stereocenters. The molecule has 3 heteroatoms. The molecule has 1 unspecified atom stereocenters. The van der Waals surface area contributed by atoms with E-state index in [1.165, 1.54) is 11.1 Å². The molecule has 0 aliphatic heterocycles. The molecule has 1 aliphatic carbocycles. The first-order chi connectivity index (χ1) is 9.13. The van der Waals surface area contributed by atoms with Crippen LogP contribution in [0, 0.1) is 6.92 Å². The van der Waals surface area contributed by atoms with Gasteiger partial charge in [0.25, 0.3) is 0 Å². The van der Waals surface area contributed by atoms with Crippen LogP contribution in [0.2, 0.25) is 0 Å². The van der Waals surface area contributed by atoms with Gasteiger partial charge in [0.05, 0.1) is 6.04 Å². The number of hydrogen-bond donors (Lipinski definition) is 3. The second kappa shape index (κ2) is 4.50. The Balaban J connectivity index is 1.84. The molecule has 0 spiro atoms. The lowest BCUT2D eigenvalue weighted by molar-refractivity contribution is 0.471. The summed E-state index contributed by atoms with van der Waals surface area (Å²) < 4.78 is 0. The van der Waals surface area contributed by atoms with E-state index in [0.29, 0.717) is 11.8 Å². The van der Waals surface area contributed by atoms with E-state index < -0.39 is 0 Å². The van der Waals surface area contributed by atoms with Gasteiger partial charge in [0.1, 0.15) is 5.75 Å². The Bertz CT molecular complexity index is 622. The number of hydrogen-bond acceptors (Lipinski definition) is 3. The van der Waals surface area contributed by atoms with Crippen molar-refractivity contribution < 1.29 is 5.11 Å². The SMILES string of the molecule is Cc1cc(NC2CCc3cc(N)ccc32)ccc1O. The van der Waals surface area contributed by atoms with E-state index in [1.54, 1.807) is 6.07 Å². The fourth-order valence-electron chi connectivity index (χ4n) is 2.73. The van der Waals surface area contributed by atoms with Crippen molar-refractivity contribution in [1.29, 1.82) is 0 Å². The molecule has 0 fully saturated rings. The maximum atomic E-state index is 9.55. The van der Waals surface area contributed by atoms with E-state index in [0.717, 1.165) is 29.8 Å². The number of phenols is 1. The fourth-order valence-corrected chi connectivity index (χ4v) is 2.73. The molecule has 2 aromatic rings. The Morgan fingerprint density at radius 2 is 2.05 bits per heavy atom. The number of anilines is 2. The van der Waals surface area contributed by atoms with Crippen LogP contribution in [0.1, 0.15) is 29.2 Å². The van der Waals surface area contributed by atoms with Crippen LogP contribution < -0.4 is 11.1 Å². The van der Waals surface area contributed by atoms with E-state index in [4.69, 9.17) is 5.73 Å². The second-order valence-corrected chi connectivity index (χ2v) is 5.20. The van der Waals surface area contributed by atoms with Gasteiger partial charge in [-0.15, -0.1) is 0 Å². The smallest absolute Gasteiger partial charge is 0.118 e. The van der Waals surface area contributed by atoms with Crippen LogP contribution in [0.3, 0.4) is 0 Å². The van der Waals surface area contributed by atoms with Gasteiger partial charge in [-0.2, -0.15) is 0 Å². The van der Waals surface area contributed by atoms with E-state index >= 15 is 0 Å². The van der Waals surface area contributed by atoms with Gasteiger partial charge in [-0.1, -0.05) is 6.07 Å². The fraction of sp³-hybridized carbons (Fsp3) is 0.250. The molecule has 19 heavy (non-hydrogen) atoms. The van der Waals surface area contributed by atoms with Crippen molar-refractivity contribution in [1.82, 2.24) is 0 Å². The molecule has 0 saturated carbocycles. The number of benzene rings is 2. The number of nitrogen functional groups attached to an aromatic ring is 1.